The molecule has 1 fully saturated rings. The van der Waals surface area contributed by atoms with E-state index in [1.807, 2.05) is 19.1 Å². The molecule has 1 unspecified atom stereocenters. The van der Waals surface area contributed by atoms with Crippen molar-refractivity contribution in [2.24, 2.45) is 0 Å². The zero-order chi connectivity index (χ0) is 21.6. The normalized spacial score (nSPS) is 16.3. The van der Waals surface area contributed by atoms with Gasteiger partial charge >= 0.3 is 0 Å². The molecule has 30 heavy (non-hydrogen) atoms. The van der Waals surface area contributed by atoms with Gasteiger partial charge in [-0.05, 0) is 37.3 Å². The van der Waals surface area contributed by atoms with Crippen molar-refractivity contribution in [1.29, 1.82) is 0 Å². The number of rotatable bonds is 9. The fourth-order valence-electron chi connectivity index (χ4n) is 3.25. The molecule has 2 heterocycles. The third kappa shape index (κ3) is 6.29. The van der Waals surface area contributed by atoms with E-state index in [4.69, 9.17) is 20.8 Å². The Morgan fingerprint density at radius 3 is 2.67 bits per heavy atom. The zero-order valence-corrected chi connectivity index (χ0v) is 18.3. The number of sulfonamides is 1. The van der Waals surface area contributed by atoms with E-state index in [1.165, 1.54) is 12.1 Å². The quantitative estimate of drug-likeness (QED) is 0.600. The van der Waals surface area contributed by atoms with Crippen molar-refractivity contribution in [3.8, 4) is 0 Å². The Morgan fingerprint density at radius 1 is 1.23 bits per heavy atom. The molecule has 0 aliphatic carbocycles. The lowest BCUT2D eigenvalue weighted by molar-refractivity contribution is -0.121. The Morgan fingerprint density at radius 2 is 2.00 bits per heavy atom. The van der Waals surface area contributed by atoms with Crippen LogP contribution in [0.15, 0.2) is 45.7 Å². The van der Waals surface area contributed by atoms with E-state index in [0.717, 1.165) is 24.6 Å². The van der Waals surface area contributed by atoms with Gasteiger partial charge in [-0.1, -0.05) is 17.7 Å². The second-order valence-corrected chi connectivity index (χ2v) is 9.23. The van der Waals surface area contributed by atoms with Gasteiger partial charge in [-0.15, -0.1) is 0 Å². The number of nitrogens with one attached hydrogen (secondary N) is 2. The van der Waals surface area contributed by atoms with E-state index < -0.39 is 10.0 Å². The van der Waals surface area contributed by atoms with Crippen LogP contribution in [0, 0.1) is 6.92 Å². The Hall–Kier alpha value is -1.91. The van der Waals surface area contributed by atoms with Crippen molar-refractivity contribution in [3.63, 3.8) is 0 Å². The van der Waals surface area contributed by atoms with Crippen LogP contribution in [0.2, 0.25) is 5.02 Å². The minimum atomic E-state index is -3.72. The molecule has 0 spiro atoms. The summed E-state index contributed by atoms with van der Waals surface area (Å²) in [4.78, 5) is 14.6. The fourth-order valence-corrected chi connectivity index (χ4v) is 4.58. The molecular weight excluding hydrogens is 430 g/mol. The van der Waals surface area contributed by atoms with Crippen LogP contribution in [0.5, 0.6) is 0 Å². The summed E-state index contributed by atoms with van der Waals surface area (Å²) in [5, 5.41) is 3.22. The minimum Gasteiger partial charge on any atom is -0.465 e. The second-order valence-electron chi connectivity index (χ2n) is 7.02. The topological polar surface area (TPSA) is 101 Å². The van der Waals surface area contributed by atoms with Gasteiger partial charge in [0.25, 0.3) is 0 Å². The molecule has 1 aromatic carbocycles. The number of hydrogen-bond acceptors (Lipinski definition) is 6. The summed E-state index contributed by atoms with van der Waals surface area (Å²) in [6.07, 6.45) is 0.0206. The summed E-state index contributed by atoms with van der Waals surface area (Å²) in [6.45, 7) is 5.00. The van der Waals surface area contributed by atoms with Crippen molar-refractivity contribution < 1.29 is 22.4 Å². The van der Waals surface area contributed by atoms with E-state index in [0.29, 0.717) is 24.8 Å². The molecule has 0 radical (unpaired) electrons. The average molecular weight is 456 g/mol. The molecule has 8 nitrogen and oxygen atoms in total. The van der Waals surface area contributed by atoms with Crippen LogP contribution in [0.1, 0.15) is 24.0 Å². The lowest BCUT2D eigenvalue weighted by Crippen LogP contribution is -2.44. The SMILES string of the molecule is Cc1ccc(C(CNC(=O)CCNS(=O)(=O)c2cccc(Cl)c2)N2CCOCC2)o1. The highest BCUT2D eigenvalue weighted by atomic mass is 35.5. The molecule has 164 valence electrons. The molecule has 3 rings (SSSR count). The maximum atomic E-state index is 12.3. The van der Waals surface area contributed by atoms with Crippen LogP contribution in [-0.4, -0.2) is 58.6 Å². The first-order chi connectivity index (χ1) is 14.3. The lowest BCUT2D eigenvalue weighted by atomic mass is 10.1. The Labute approximate surface area is 181 Å². The molecule has 0 saturated carbocycles. The van der Waals surface area contributed by atoms with E-state index in [-0.39, 0.29) is 29.8 Å². The third-order valence-electron chi connectivity index (χ3n) is 4.82. The van der Waals surface area contributed by atoms with Gasteiger partial charge in [0.2, 0.25) is 15.9 Å². The van der Waals surface area contributed by atoms with Gasteiger partial charge in [0.05, 0.1) is 24.2 Å². The third-order valence-corrected chi connectivity index (χ3v) is 6.51. The van der Waals surface area contributed by atoms with Crippen molar-refractivity contribution >= 4 is 27.5 Å². The van der Waals surface area contributed by atoms with Crippen LogP contribution < -0.4 is 10.0 Å². The number of furan rings is 1. The Balaban J connectivity index is 1.51. The van der Waals surface area contributed by atoms with Crippen molar-refractivity contribution in [2.75, 3.05) is 39.4 Å². The average Bonchev–Trinajstić information content (AvgIpc) is 3.15. The zero-order valence-electron chi connectivity index (χ0n) is 16.8. The molecule has 1 aliphatic heterocycles. The molecule has 1 saturated heterocycles. The van der Waals surface area contributed by atoms with Gasteiger partial charge in [0, 0.05) is 37.6 Å². The summed E-state index contributed by atoms with van der Waals surface area (Å²) in [5.74, 6) is 1.35. The second kappa shape index (κ2) is 10.4. The number of morpholine rings is 1. The number of carbonyl (C=O) groups excluding carboxylic acids is 1. The number of carbonyl (C=O) groups is 1. The highest BCUT2D eigenvalue weighted by molar-refractivity contribution is 7.89. The van der Waals surface area contributed by atoms with Gasteiger partial charge in [-0.2, -0.15) is 0 Å². The van der Waals surface area contributed by atoms with Crippen LogP contribution >= 0.6 is 11.6 Å². The largest absolute Gasteiger partial charge is 0.465 e. The maximum Gasteiger partial charge on any atom is 0.240 e. The standard InChI is InChI=1S/C20H26ClN3O5S/c1-15-5-6-19(29-15)18(24-9-11-28-12-10-24)14-22-20(25)7-8-23-30(26,27)17-4-2-3-16(21)13-17/h2-6,13,18,23H,7-12,14H2,1H3,(H,22,25). The fraction of sp³-hybridized carbons (Fsp3) is 0.450. The molecule has 10 heteroatoms. The van der Waals surface area contributed by atoms with Crippen LogP contribution in [-0.2, 0) is 19.6 Å². The molecular formula is C20H26ClN3O5S. The van der Waals surface area contributed by atoms with Gasteiger partial charge in [0.1, 0.15) is 11.5 Å². The molecule has 2 N–H and O–H groups in total. The summed E-state index contributed by atoms with van der Waals surface area (Å²) in [6, 6.07) is 9.69. The summed E-state index contributed by atoms with van der Waals surface area (Å²) < 4.78 is 38.2. The number of benzene rings is 1. The van der Waals surface area contributed by atoms with E-state index in [2.05, 4.69) is 14.9 Å². The first kappa shape index (κ1) is 22.8. The predicted molar refractivity (Wildman–Crippen MR) is 113 cm³/mol. The molecule has 1 atom stereocenters. The van der Waals surface area contributed by atoms with E-state index in [9.17, 15) is 13.2 Å². The van der Waals surface area contributed by atoms with Gasteiger partial charge in [-0.3, -0.25) is 9.69 Å². The molecule has 0 bridgehead atoms. The highest BCUT2D eigenvalue weighted by Crippen LogP contribution is 2.23. The Bertz CT molecular complexity index is 957. The number of nitrogens with zero attached hydrogens (tertiary/aromatic N) is 1. The number of amides is 1. The van der Waals surface area contributed by atoms with Crippen molar-refractivity contribution in [3.05, 3.63) is 52.9 Å². The Kier molecular flexibility index (Phi) is 7.90. The molecule has 1 amide bonds. The molecule has 1 aliphatic rings. The maximum absolute atomic E-state index is 12.3. The molecule has 1 aromatic heterocycles. The lowest BCUT2D eigenvalue weighted by Gasteiger charge is -2.33. The molecule has 2 aromatic rings. The smallest absolute Gasteiger partial charge is 0.240 e. The van der Waals surface area contributed by atoms with Gasteiger partial charge in [-0.25, -0.2) is 13.1 Å². The van der Waals surface area contributed by atoms with Crippen molar-refractivity contribution in [1.82, 2.24) is 14.9 Å². The van der Waals surface area contributed by atoms with Gasteiger partial charge in [0.15, 0.2) is 0 Å². The van der Waals surface area contributed by atoms with E-state index in [1.54, 1.807) is 12.1 Å². The summed E-state index contributed by atoms with van der Waals surface area (Å²) >= 11 is 5.85. The first-order valence-corrected chi connectivity index (χ1v) is 11.6. The summed E-state index contributed by atoms with van der Waals surface area (Å²) in [5.41, 5.74) is 0. The minimum absolute atomic E-state index is 0.0111. The number of ether oxygens (including phenoxy) is 1. The predicted octanol–water partition coefficient (Wildman–Crippen LogP) is 2.10. The van der Waals surface area contributed by atoms with Crippen LogP contribution in [0.4, 0.5) is 0 Å². The monoisotopic (exact) mass is 455 g/mol. The number of halogens is 1. The van der Waals surface area contributed by atoms with Crippen molar-refractivity contribution in [2.45, 2.75) is 24.3 Å². The highest BCUT2D eigenvalue weighted by Gasteiger charge is 2.25. The first-order valence-electron chi connectivity index (χ1n) is 9.75. The number of aryl methyl sites for hydroxylation is 1. The van der Waals surface area contributed by atoms with Gasteiger partial charge < -0.3 is 14.5 Å². The summed E-state index contributed by atoms with van der Waals surface area (Å²) in [7, 11) is -3.72. The van der Waals surface area contributed by atoms with Crippen LogP contribution in [0.25, 0.3) is 0 Å². The number of hydrogen-bond donors (Lipinski definition) is 2. The van der Waals surface area contributed by atoms with Crippen LogP contribution in [0.3, 0.4) is 0 Å². The van der Waals surface area contributed by atoms with E-state index >= 15 is 0 Å².